The first kappa shape index (κ1) is 19.8. The molecule has 0 aliphatic carbocycles. The third-order valence-electron chi connectivity index (χ3n) is 6.07. The highest BCUT2D eigenvalue weighted by atomic mass is 16.2. The van der Waals surface area contributed by atoms with E-state index in [1.807, 2.05) is 0 Å². The maximum atomic E-state index is 12.3. The standard InChI is InChI=1S/C21H32N4O2/c1-17-3-5-18(6-4-17)15-23-20(27)8-12-25-14-13-24(2)21(16-25)9-7-19(26)22-11-10-21/h3-6H,7-16H2,1-2H3,(H,22,26)(H,23,27). The van der Waals surface area contributed by atoms with Crippen LogP contribution in [0.4, 0.5) is 0 Å². The van der Waals surface area contributed by atoms with Gasteiger partial charge in [0, 0.05) is 57.6 Å². The Bertz CT molecular complexity index is 661. The van der Waals surface area contributed by atoms with Crippen molar-refractivity contribution in [2.75, 3.05) is 39.8 Å². The van der Waals surface area contributed by atoms with Gasteiger partial charge in [-0.05, 0) is 32.4 Å². The van der Waals surface area contributed by atoms with Gasteiger partial charge in [0.05, 0.1) is 0 Å². The van der Waals surface area contributed by atoms with Gasteiger partial charge >= 0.3 is 0 Å². The van der Waals surface area contributed by atoms with Crippen LogP contribution in [0.15, 0.2) is 24.3 Å². The van der Waals surface area contributed by atoms with Crippen LogP contribution in [0, 0.1) is 6.92 Å². The summed E-state index contributed by atoms with van der Waals surface area (Å²) in [5.74, 6) is 0.258. The average molecular weight is 373 g/mol. The van der Waals surface area contributed by atoms with E-state index in [1.165, 1.54) is 5.56 Å². The summed E-state index contributed by atoms with van der Waals surface area (Å²) in [6, 6.07) is 8.25. The van der Waals surface area contributed by atoms with E-state index >= 15 is 0 Å². The Balaban J connectivity index is 1.46. The zero-order valence-electron chi connectivity index (χ0n) is 16.6. The molecule has 1 aromatic rings. The fourth-order valence-electron chi connectivity index (χ4n) is 4.12. The molecule has 0 radical (unpaired) electrons. The summed E-state index contributed by atoms with van der Waals surface area (Å²) in [5, 5.41) is 6.01. The molecular weight excluding hydrogens is 340 g/mol. The molecule has 6 heteroatoms. The van der Waals surface area contributed by atoms with Crippen LogP contribution in [0.2, 0.25) is 0 Å². The molecule has 6 nitrogen and oxygen atoms in total. The molecule has 2 heterocycles. The van der Waals surface area contributed by atoms with E-state index in [2.05, 4.69) is 58.7 Å². The Morgan fingerprint density at radius 3 is 2.78 bits per heavy atom. The van der Waals surface area contributed by atoms with Crippen molar-refractivity contribution in [1.82, 2.24) is 20.4 Å². The molecule has 1 atom stereocenters. The van der Waals surface area contributed by atoms with Gasteiger partial charge in [-0.3, -0.25) is 19.4 Å². The number of aryl methyl sites for hydroxylation is 1. The number of piperazine rings is 1. The number of amides is 2. The molecule has 0 bridgehead atoms. The Morgan fingerprint density at radius 1 is 1.22 bits per heavy atom. The third kappa shape index (κ3) is 5.30. The van der Waals surface area contributed by atoms with Crippen molar-refractivity contribution in [3.63, 3.8) is 0 Å². The molecule has 0 aromatic heterocycles. The molecule has 2 aliphatic heterocycles. The number of carbonyl (C=O) groups excluding carboxylic acids is 2. The number of hydrogen-bond acceptors (Lipinski definition) is 4. The Kier molecular flexibility index (Phi) is 6.50. The minimum Gasteiger partial charge on any atom is -0.356 e. The number of nitrogens with zero attached hydrogens (tertiary/aromatic N) is 2. The van der Waals surface area contributed by atoms with Gasteiger partial charge < -0.3 is 10.6 Å². The van der Waals surface area contributed by atoms with Crippen molar-refractivity contribution in [3.05, 3.63) is 35.4 Å². The molecule has 27 heavy (non-hydrogen) atoms. The second kappa shape index (κ2) is 8.85. The fraction of sp³-hybridized carbons (Fsp3) is 0.619. The largest absolute Gasteiger partial charge is 0.356 e. The summed E-state index contributed by atoms with van der Waals surface area (Å²) >= 11 is 0. The third-order valence-corrected chi connectivity index (χ3v) is 6.07. The van der Waals surface area contributed by atoms with Crippen molar-refractivity contribution < 1.29 is 9.59 Å². The molecule has 148 valence electrons. The van der Waals surface area contributed by atoms with Crippen LogP contribution >= 0.6 is 0 Å². The zero-order chi connectivity index (χ0) is 19.3. The van der Waals surface area contributed by atoms with E-state index in [1.54, 1.807) is 0 Å². The fourth-order valence-corrected chi connectivity index (χ4v) is 4.12. The van der Waals surface area contributed by atoms with Gasteiger partial charge in [0.25, 0.3) is 0 Å². The van der Waals surface area contributed by atoms with Gasteiger partial charge in [0.2, 0.25) is 11.8 Å². The van der Waals surface area contributed by atoms with Gasteiger partial charge in [-0.1, -0.05) is 29.8 Å². The smallest absolute Gasteiger partial charge is 0.221 e. The highest BCUT2D eigenvalue weighted by Gasteiger charge is 2.40. The van der Waals surface area contributed by atoms with Gasteiger partial charge in [0.1, 0.15) is 0 Å². The maximum absolute atomic E-state index is 12.3. The number of likely N-dealkylation sites (N-methyl/N-ethyl adjacent to an activating group) is 1. The second-order valence-corrected chi connectivity index (χ2v) is 8.03. The van der Waals surface area contributed by atoms with Gasteiger partial charge in [-0.2, -0.15) is 0 Å². The Hall–Kier alpha value is -1.92. The minimum atomic E-state index is 0.0514. The summed E-state index contributed by atoms with van der Waals surface area (Å²) in [6.07, 6.45) is 2.98. The summed E-state index contributed by atoms with van der Waals surface area (Å²) in [5.41, 5.74) is 2.41. The van der Waals surface area contributed by atoms with E-state index < -0.39 is 0 Å². The molecule has 2 saturated heterocycles. The van der Waals surface area contributed by atoms with Crippen LogP contribution in [-0.4, -0.2) is 66.9 Å². The lowest BCUT2D eigenvalue weighted by Crippen LogP contribution is -2.61. The first-order valence-electron chi connectivity index (χ1n) is 9.99. The van der Waals surface area contributed by atoms with Crippen molar-refractivity contribution in [2.24, 2.45) is 0 Å². The number of hydrogen-bond donors (Lipinski definition) is 2. The molecular formula is C21H32N4O2. The minimum absolute atomic E-state index is 0.0514. The molecule has 2 amide bonds. The second-order valence-electron chi connectivity index (χ2n) is 8.03. The first-order valence-corrected chi connectivity index (χ1v) is 9.99. The van der Waals surface area contributed by atoms with E-state index in [0.29, 0.717) is 19.4 Å². The topological polar surface area (TPSA) is 64.7 Å². The van der Waals surface area contributed by atoms with E-state index in [4.69, 9.17) is 0 Å². The number of benzene rings is 1. The quantitative estimate of drug-likeness (QED) is 0.818. The zero-order valence-corrected chi connectivity index (χ0v) is 16.6. The normalized spacial score (nSPS) is 24.4. The highest BCUT2D eigenvalue weighted by Crippen LogP contribution is 2.30. The van der Waals surface area contributed by atoms with Crippen LogP contribution in [0.5, 0.6) is 0 Å². The summed E-state index contributed by atoms with van der Waals surface area (Å²) in [7, 11) is 2.17. The summed E-state index contributed by atoms with van der Waals surface area (Å²) in [4.78, 5) is 28.8. The molecule has 1 aromatic carbocycles. The van der Waals surface area contributed by atoms with E-state index in [0.717, 1.165) is 51.1 Å². The lowest BCUT2D eigenvalue weighted by atomic mass is 9.86. The molecule has 0 saturated carbocycles. The molecule has 2 fully saturated rings. The lowest BCUT2D eigenvalue weighted by molar-refractivity contribution is -0.122. The molecule has 2 aliphatic rings. The molecule has 1 unspecified atom stereocenters. The monoisotopic (exact) mass is 372 g/mol. The molecule has 2 N–H and O–H groups in total. The molecule has 1 spiro atoms. The van der Waals surface area contributed by atoms with Gasteiger partial charge in [-0.25, -0.2) is 0 Å². The van der Waals surface area contributed by atoms with Crippen molar-refractivity contribution >= 4 is 11.8 Å². The van der Waals surface area contributed by atoms with Crippen molar-refractivity contribution in [2.45, 2.75) is 44.7 Å². The number of rotatable bonds is 5. The van der Waals surface area contributed by atoms with Crippen LogP contribution in [0.3, 0.4) is 0 Å². The summed E-state index contributed by atoms with van der Waals surface area (Å²) in [6.45, 7) is 7.06. The molecule has 3 rings (SSSR count). The van der Waals surface area contributed by atoms with Crippen LogP contribution in [-0.2, 0) is 16.1 Å². The number of carbonyl (C=O) groups is 2. The van der Waals surface area contributed by atoms with Crippen LogP contribution < -0.4 is 10.6 Å². The van der Waals surface area contributed by atoms with Crippen LogP contribution in [0.25, 0.3) is 0 Å². The SMILES string of the molecule is Cc1ccc(CNC(=O)CCN2CCN(C)C3(CCNC(=O)CC3)C2)cc1. The highest BCUT2D eigenvalue weighted by molar-refractivity contribution is 5.76. The summed E-state index contributed by atoms with van der Waals surface area (Å²) < 4.78 is 0. The Labute approximate surface area is 162 Å². The van der Waals surface area contributed by atoms with Crippen molar-refractivity contribution in [3.8, 4) is 0 Å². The number of nitrogens with one attached hydrogen (secondary N) is 2. The predicted octanol–water partition coefficient (Wildman–Crippen LogP) is 1.29. The first-order chi connectivity index (χ1) is 13.0. The van der Waals surface area contributed by atoms with E-state index in [-0.39, 0.29) is 17.4 Å². The van der Waals surface area contributed by atoms with Gasteiger partial charge in [-0.15, -0.1) is 0 Å². The van der Waals surface area contributed by atoms with E-state index in [9.17, 15) is 9.59 Å². The Morgan fingerprint density at radius 2 is 2.00 bits per heavy atom. The van der Waals surface area contributed by atoms with Gasteiger partial charge in [0.15, 0.2) is 0 Å². The van der Waals surface area contributed by atoms with Crippen LogP contribution in [0.1, 0.15) is 36.8 Å². The maximum Gasteiger partial charge on any atom is 0.221 e. The van der Waals surface area contributed by atoms with Crippen molar-refractivity contribution in [1.29, 1.82) is 0 Å². The lowest BCUT2D eigenvalue weighted by Gasteiger charge is -2.49. The predicted molar refractivity (Wildman–Crippen MR) is 106 cm³/mol. The average Bonchev–Trinajstić information content (AvgIpc) is 2.84.